The number of ether oxygens (including phenoxy) is 2. The molecule has 0 radical (unpaired) electrons. The van der Waals surface area contributed by atoms with Crippen LogP contribution in [0.15, 0.2) is 18.2 Å². The number of hydrogen-bond acceptors (Lipinski definition) is 5. The average Bonchev–Trinajstić information content (AvgIpc) is 2.67. The van der Waals surface area contributed by atoms with Crippen LogP contribution in [0.2, 0.25) is 0 Å². The first-order valence-electron chi connectivity index (χ1n) is 8.87. The Hall–Kier alpha value is -2.50. The molecular formula is C19H22FN3O4. The van der Waals surface area contributed by atoms with Crippen LogP contribution in [0.5, 0.6) is 0 Å². The number of methoxy groups -OCH3 is 1. The van der Waals surface area contributed by atoms with E-state index in [1.807, 2.05) is 6.07 Å². The van der Waals surface area contributed by atoms with Crippen LogP contribution in [0.3, 0.4) is 0 Å². The number of rotatable bonds is 3. The Morgan fingerprint density at radius 3 is 2.67 bits per heavy atom. The molecule has 27 heavy (non-hydrogen) atoms. The lowest BCUT2D eigenvalue weighted by Crippen LogP contribution is -2.58. The second-order valence-electron chi connectivity index (χ2n) is 6.91. The summed E-state index contributed by atoms with van der Waals surface area (Å²) in [4.78, 5) is 28.2. The number of carbonyl (C=O) groups excluding carboxylic acids is 2. The molecule has 1 aromatic carbocycles. The SMILES string of the molecule is COCC(=O)N1CCC2(CC1)CN(C(=O)c1cc(F)cc(C#N)c1)CCO2. The first-order chi connectivity index (χ1) is 13.0. The predicted molar refractivity (Wildman–Crippen MR) is 93.4 cm³/mol. The molecule has 8 heteroatoms. The Morgan fingerprint density at radius 2 is 2.00 bits per heavy atom. The molecule has 0 saturated carbocycles. The van der Waals surface area contributed by atoms with Gasteiger partial charge in [-0.05, 0) is 31.0 Å². The number of nitrogens with zero attached hydrogens (tertiary/aromatic N) is 3. The molecule has 2 fully saturated rings. The minimum atomic E-state index is -0.606. The van der Waals surface area contributed by atoms with Gasteiger partial charge in [0.05, 0.1) is 30.4 Å². The van der Waals surface area contributed by atoms with Crippen molar-refractivity contribution in [1.82, 2.24) is 9.80 Å². The highest BCUT2D eigenvalue weighted by Crippen LogP contribution is 2.31. The zero-order valence-electron chi connectivity index (χ0n) is 15.2. The van der Waals surface area contributed by atoms with Crippen molar-refractivity contribution in [3.8, 4) is 6.07 Å². The first kappa shape index (κ1) is 19.3. The molecule has 0 atom stereocenters. The molecule has 2 aliphatic rings. The monoisotopic (exact) mass is 375 g/mol. The number of benzene rings is 1. The second kappa shape index (κ2) is 8.03. The van der Waals surface area contributed by atoms with Crippen LogP contribution in [-0.2, 0) is 14.3 Å². The van der Waals surface area contributed by atoms with E-state index < -0.39 is 11.4 Å². The molecule has 7 nitrogen and oxygen atoms in total. The van der Waals surface area contributed by atoms with E-state index in [9.17, 15) is 14.0 Å². The summed E-state index contributed by atoms with van der Waals surface area (Å²) in [6.45, 7) is 2.32. The van der Waals surface area contributed by atoms with E-state index >= 15 is 0 Å². The van der Waals surface area contributed by atoms with Gasteiger partial charge in [-0.3, -0.25) is 9.59 Å². The van der Waals surface area contributed by atoms with Crippen LogP contribution in [0, 0.1) is 17.1 Å². The molecule has 2 heterocycles. The molecule has 0 aromatic heterocycles. The minimum Gasteiger partial charge on any atom is -0.375 e. The number of morpholine rings is 1. The maximum absolute atomic E-state index is 13.7. The highest BCUT2D eigenvalue weighted by Gasteiger charge is 2.42. The van der Waals surface area contributed by atoms with Gasteiger partial charge in [0, 0.05) is 32.3 Å². The van der Waals surface area contributed by atoms with Crippen molar-refractivity contribution in [2.24, 2.45) is 0 Å². The lowest BCUT2D eigenvalue weighted by atomic mass is 9.89. The number of halogens is 1. The minimum absolute atomic E-state index is 0.0548. The molecule has 2 saturated heterocycles. The number of amides is 2. The van der Waals surface area contributed by atoms with Crippen molar-refractivity contribution in [1.29, 1.82) is 5.26 Å². The Labute approximate surface area is 157 Å². The summed E-state index contributed by atoms with van der Waals surface area (Å²) < 4.78 is 24.6. The van der Waals surface area contributed by atoms with E-state index in [1.54, 1.807) is 9.80 Å². The van der Waals surface area contributed by atoms with Gasteiger partial charge in [-0.1, -0.05) is 0 Å². The third kappa shape index (κ3) is 4.26. The predicted octanol–water partition coefficient (Wildman–Crippen LogP) is 1.18. The first-order valence-corrected chi connectivity index (χ1v) is 8.87. The summed E-state index contributed by atoms with van der Waals surface area (Å²) in [6, 6.07) is 5.52. The van der Waals surface area contributed by atoms with Crippen LogP contribution < -0.4 is 0 Å². The van der Waals surface area contributed by atoms with Gasteiger partial charge in [-0.2, -0.15) is 5.26 Å². The molecule has 0 bridgehead atoms. The zero-order valence-corrected chi connectivity index (χ0v) is 15.2. The van der Waals surface area contributed by atoms with Crippen molar-refractivity contribution in [2.45, 2.75) is 18.4 Å². The molecule has 0 aliphatic carbocycles. The molecule has 3 rings (SSSR count). The summed E-state index contributed by atoms with van der Waals surface area (Å²) in [6.07, 6.45) is 1.25. The second-order valence-corrected chi connectivity index (χ2v) is 6.91. The van der Waals surface area contributed by atoms with Crippen LogP contribution >= 0.6 is 0 Å². The fraction of sp³-hybridized carbons (Fsp3) is 0.526. The Balaban J connectivity index is 1.68. The van der Waals surface area contributed by atoms with Gasteiger partial charge in [-0.15, -0.1) is 0 Å². The molecule has 1 spiro atoms. The quantitative estimate of drug-likeness (QED) is 0.792. The highest BCUT2D eigenvalue weighted by atomic mass is 19.1. The normalized spacial score (nSPS) is 19.0. The molecule has 0 unspecified atom stereocenters. The number of nitriles is 1. The van der Waals surface area contributed by atoms with E-state index in [4.69, 9.17) is 14.7 Å². The number of piperidine rings is 1. The van der Waals surface area contributed by atoms with Crippen LogP contribution in [0.25, 0.3) is 0 Å². The highest BCUT2D eigenvalue weighted by molar-refractivity contribution is 5.94. The van der Waals surface area contributed by atoms with Gasteiger partial charge in [0.1, 0.15) is 12.4 Å². The van der Waals surface area contributed by atoms with E-state index in [2.05, 4.69) is 0 Å². The summed E-state index contributed by atoms with van der Waals surface area (Å²) >= 11 is 0. The summed E-state index contributed by atoms with van der Waals surface area (Å²) in [7, 11) is 1.49. The third-order valence-electron chi connectivity index (χ3n) is 5.10. The summed E-state index contributed by atoms with van der Waals surface area (Å²) in [5.41, 5.74) is -0.217. The number of likely N-dealkylation sites (tertiary alicyclic amines) is 1. The van der Waals surface area contributed by atoms with Crippen molar-refractivity contribution < 1.29 is 23.5 Å². The van der Waals surface area contributed by atoms with E-state index in [-0.39, 0.29) is 29.5 Å². The van der Waals surface area contributed by atoms with Gasteiger partial charge in [-0.25, -0.2) is 4.39 Å². The van der Waals surface area contributed by atoms with Gasteiger partial charge in [0.15, 0.2) is 0 Å². The third-order valence-corrected chi connectivity index (χ3v) is 5.10. The number of hydrogen-bond donors (Lipinski definition) is 0. The fourth-order valence-electron chi connectivity index (χ4n) is 3.66. The number of carbonyl (C=O) groups is 2. The standard InChI is InChI=1S/C19H22FN3O4/c1-26-12-17(24)22-4-2-19(3-5-22)13-23(6-7-27-19)18(25)15-8-14(11-21)9-16(20)10-15/h8-10H,2-7,12-13H2,1H3. The largest absolute Gasteiger partial charge is 0.375 e. The van der Waals surface area contributed by atoms with Gasteiger partial charge < -0.3 is 19.3 Å². The van der Waals surface area contributed by atoms with Crippen molar-refractivity contribution >= 4 is 11.8 Å². The van der Waals surface area contributed by atoms with Crippen LogP contribution in [0.4, 0.5) is 4.39 Å². The van der Waals surface area contributed by atoms with E-state index in [0.717, 1.165) is 12.1 Å². The fourth-order valence-corrected chi connectivity index (χ4v) is 3.66. The lowest BCUT2D eigenvalue weighted by molar-refractivity contribution is -0.149. The molecule has 144 valence electrons. The molecule has 1 aromatic rings. The summed E-state index contributed by atoms with van der Waals surface area (Å²) in [5, 5.41) is 8.98. The van der Waals surface area contributed by atoms with E-state index in [1.165, 1.54) is 13.2 Å². The maximum atomic E-state index is 13.7. The molecular weight excluding hydrogens is 353 g/mol. The Bertz CT molecular complexity index is 769. The maximum Gasteiger partial charge on any atom is 0.254 e. The van der Waals surface area contributed by atoms with Crippen molar-refractivity contribution in [3.05, 3.63) is 35.1 Å². The van der Waals surface area contributed by atoms with Crippen molar-refractivity contribution in [3.63, 3.8) is 0 Å². The molecule has 0 N–H and O–H groups in total. The van der Waals surface area contributed by atoms with Gasteiger partial charge in [0.2, 0.25) is 5.91 Å². The Kier molecular flexibility index (Phi) is 5.73. The van der Waals surface area contributed by atoms with Crippen LogP contribution in [-0.4, -0.2) is 73.7 Å². The van der Waals surface area contributed by atoms with Crippen LogP contribution in [0.1, 0.15) is 28.8 Å². The smallest absolute Gasteiger partial charge is 0.254 e. The topological polar surface area (TPSA) is 82.9 Å². The van der Waals surface area contributed by atoms with Gasteiger partial charge >= 0.3 is 0 Å². The average molecular weight is 375 g/mol. The zero-order chi connectivity index (χ0) is 19.4. The molecule has 2 amide bonds. The molecule has 2 aliphatic heterocycles. The van der Waals surface area contributed by atoms with Crippen molar-refractivity contribution in [2.75, 3.05) is 46.5 Å². The summed E-state index contributed by atoms with van der Waals surface area (Å²) in [5.74, 6) is -0.975. The Morgan fingerprint density at radius 1 is 1.26 bits per heavy atom. The van der Waals surface area contributed by atoms with Gasteiger partial charge in [0.25, 0.3) is 5.91 Å². The lowest BCUT2D eigenvalue weighted by Gasteiger charge is -2.47. The van der Waals surface area contributed by atoms with E-state index in [0.29, 0.717) is 45.6 Å².